The van der Waals surface area contributed by atoms with E-state index in [4.69, 9.17) is 0 Å². The van der Waals surface area contributed by atoms with E-state index in [1.54, 1.807) is 0 Å². The highest BCUT2D eigenvalue weighted by Crippen LogP contribution is 2.51. The number of alkyl halides is 3. The zero-order valence-corrected chi connectivity index (χ0v) is 10.8. The topological polar surface area (TPSA) is 43.4 Å². The molecule has 0 amide bonds. The molecule has 1 aliphatic rings. The normalized spacial score (nSPS) is 21.8. The monoisotopic (exact) mass is 308 g/mol. The molecule has 3 nitrogen and oxygen atoms in total. The number of ether oxygens (including phenoxy) is 1. The van der Waals surface area contributed by atoms with Gasteiger partial charge in [0.1, 0.15) is 11.7 Å². The smallest absolute Gasteiger partial charge is 0.442 e. The van der Waals surface area contributed by atoms with Crippen LogP contribution in [0.3, 0.4) is 0 Å². The largest absolute Gasteiger partial charge is 0.468 e. The number of thioether (sulfide) groups is 1. The molecular weight excluding hydrogens is 300 g/mol. The molecule has 0 fully saturated rings. The van der Waals surface area contributed by atoms with Crippen LogP contribution in [0, 0.1) is 11.7 Å². The van der Waals surface area contributed by atoms with Gasteiger partial charge in [-0.05, 0) is 29.5 Å². The molecule has 8 heteroatoms. The SMILES string of the molecule is COC(=O)C1C(=O)c2cc(F)ccc2C1SC(F)(F)F. The van der Waals surface area contributed by atoms with Crippen LogP contribution in [0.1, 0.15) is 21.2 Å². The van der Waals surface area contributed by atoms with Gasteiger partial charge in [-0.25, -0.2) is 4.39 Å². The third-order valence-corrected chi connectivity index (χ3v) is 3.94. The minimum Gasteiger partial charge on any atom is -0.468 e. The van der Waals surface area contributed by atoms with Gasteiger partial charge in [-0.3, -0.25) is 9.59 Å². The Labute approximate surface area is 115 Å². The van der Waals surface area contributed by atoms with Crippen molar-refractivity contribution in [1.82, 2.24) is 0 Å². The molecule has 0 radical (unpaired) electrons. The maximum Gasteiger partial charge on any atom is 0.442 e. The van der Waals surface area contributed by atoms with Gasteiger partial charge >= 0.3 is 11.5 Å². The van der Waals surface area contributed by atoms with Crippen LogP contribution in [-0.2, 0) is 9.53 Å². The highest BCUT2D eigenvalue weighted by Gasteiger charge is 2.50. The van der Waals surface area contributed by atoms with Crippen LogP contribution < -0.4 is 0 Å². The zero-order chi connectivity index (χ0) is 15.1. The van der Waals surface area contributed by atoms with Gasteiger partial charge in [0.15, 0.2) is 5.78 Å². The first kappa shape index (κ1) is 14.8. The highest BCUT2D eigenvalue weighted by atomic mass is 32.2. The van der Waals surface area contributed by atoms with Crippen LogP contribution in [0.25, 0.3) is 0 Å². The molecule has 0 saturated heterocycles. The predicted molar refractivity (Wildman–Crippen MR) is 62.6 cm³/mol. The molecule has 2 unspecified atom stereocenters. The Bertz CT molecular complexity index is 570. The molecule has 0 bridgehead atoms. The van der Waals surface area contributed by atoms with Gasteiger partial charge in [-0.15, -0.1) is 0 Å². The number of halogens is 4. The van der Waals surface area contributed by atoms with Gasteiger partial charge < -0.3 is 4.74 Å². The molecule has 20 heavy (non-hydrogen) atoms. The van der Waals surface area contributed by atoms with Crippen LogP contribution in [-0.4, -0.2) is 24.4 Å². The fraction of sp³-hybridized carbons (Fsp3) is 0.333. The minimum absolute atomic E-state index is 0.00544. The number of ketones is 1. The molecule has 2 atom stereocenters. The van der Waals surface area contributed by atoms with Crippen molar-refractivity contribution in [3.05, 3.63) is 35.1 Å². The summed E-state index contributed by atoms with van der Waals surface area (Å²) >= 11 is -0.476. The van der Waals surface area contributed by atoms with Crippen molar-refractivity contribution in [2.45, 2.75) is 10.8 Å². The summed E-state index contributed by atoms with van der Waals surface area (Å²) in [6.45, 7) is 0. The molecule has 0 aromatic heterocycles. The van der Waals surface area contributed by atoms with E-state index >= 15 is 0 Å². The lowest BCUT2D eigenvalue weighted by Crippen LogP contribution is -2.25. The fourth-order valence-corrected chi connectivity index (χ4v) is 3.10. The Morgan fingerprint density at radius 1 is 1.35 bits per heavy atom. The summed E-state index contributed by atoms with van der Waals surface area (Å²) < 4.78 is 55.2. The van der Waals surface area contributed by atoms with Crippen molar-refractivity contribution >= 4 is 23.5 Å². The Balaban J connectivity index is 2.49. The maximum absolute atomic E-state index is 13.1. The van der Waals surface area contributed by atoms with Crippen molar-refractivity contribution in [2.75, 3.05) is 7.11 Å². The molecule has 108 valence electrons. The molecule has 2 rings (SSSR count). The van der Waals surface area contributed by atoms with Crippen LogP contribution >= 0.6 is 11.8 Å². The van der Waals surface area contributed by atoms with Crippen molar-refractivity contribution in [1.29, 1.82) is 0 Å². The van der Waals surface area contributed by atoms with Gasteiger partial charge in [0, 0.05) is 5.56 Å². The fourth-order valence-electron chi connectivity index (χ4n) is 2.11. The van der Waals surface area contributed by atoms with Gasteiger partial charge in [0.25, 0.3) is 0 Å². The second-order valence-corrected chi connectivity index (χ2v) is 5.29. The van der Waals surface area contributed by atoms with E-state index in [1.165, 1.54) is 0 Å². The standard InChI is InChI=1S/C12H8F4O3S/c1-19-11(18)8-9(17)7-4-5(13)2-3-6(7)10(8)20-12(14,15)16/h2-4,8,10H,1H3. The summed E-state index contributed by atoms with van der Waals surface area (Å²) in [4.78, 5) is 23.6. The van der Waals surface area contributed by atoms with Crippen LogP contribution in [0.5, 0.6) is 0 Å². The number of methoxy groups -OCH3 is 1. The summed E-state index contributed by atoms with van der Waals surface area (Å²) in [7, 11) is 0.981. The van der Waals surface area contributed by atoms with E-state index < -0.39 is 46.0 Å². The summed E-state index contributed by atoms with van der Waals surface area (Å²) in [5, 5.41) is -1.45. The number of Topliss-reactive ketones (excluding diaryl/α,β-unsaturated/α-hetero) is 1. The van der Waals surface area contributed by atoms with Gasteiger partial charge in [0.05, 0.1) is 12.4 Å². The van der Waals surface area contributed by atoms with Crippen molar-refractivity contribution < 1.29 is 31.9 Å². The van der Waals surface area contributed by atoms with E-state index in [9.17, 15) is 27.2 Å². The molecule has 1 aromatic rings. The molecule has 0 N–H and O–H groups in total. The molecule has 0 aliphatic heterocycles. The average Bonchev–Trinajstić information content (AvgIpc) is 2.60. The highest BCUT2D eigenvalue weighted by molar-refractivity contribution is 8.00. The number of carbonyl (C=O) groups is 2. The van der Waals surface area contributed by atoms with Gasteiger partial charge in [-0.1, -0.05) is 6.07 Å². The second-order valence-electron chi connectivity index (χ2n) is 4.08. The summed E-state index contributed by atoms with van der Waals surface area (Å²) in [6, 6.07) is 2.88. The first-order valence-corrected chi connectivity index (χ1v) is 6.28. The molecule has 0 spiro atoms. The summed E-state index contributed by atoms with van der Waals surface area (Å²) in [5.74, 6) is -4.27. The van der Waals surface area contributed by atoms with Crippen LogP contribution in [0.15, 0.2) is 18.2 Å². The lowest BCUT2D eigenvalue weighted by atomic mass is 10.1. The Morgan fingerprint density at radius 2 is 2.00 bits per heavy atom. The Morgan fingerprint density at radius 3 is 2.55 bits per heavy atom. The van der Waals surface area contributed by atoms with Crippen molar-refractivity contribution in [3.8, 4) is 0 Å². The van der Waals surface area contributed by atoms with E-state index in [0.29, 0.717) is 0 Å². The van der Waals surface area contributed by atoms with E-state index in [-0.39, 0.29) is 11.1 Å². The quantitative estimate of drug-likeness (QED) is 0.478. The number of fused-ring (bicyclic) bond motifs is 1. The second kappa shape index (κ2) is 5.08. The number of rotatable bonds is 2. The Hall–Kier alpha value is -1.57. The first-order valence-electron chi connectivity index (χ1n) is 5.40. The van der Waals surface area contributed by atoms with Crippen molar-refractivity contribution in [2.24, 2.45) is 5.92 Å². The average molecular weight is 308 g/mol. The summed E-state index contributed by atoms with van der Waals surface area (Å²) in [5.41, 5.74) is -4.84. The van der Waals surface area contributed by atoms with Gasteiger partial charge in [0.2, 0.25) is 0 Å². The third kappa shape index (κ3) is 2.65. The minimum atomic E-state index is -4.63. The lowest BCUT2D eigenvalue weighted by Gasteiger charge is -2.18. The molecular formula is C12H8F4O3S. The van der Waals surface area contributed by atoms with Gasteiger partial charge in [-0.2, -0.15) is 13.2 Å². The first-order chi connectivity index (χ1) is 9.24. The molecule has 0 saturated carbocycles. The molecule has 1 aliphatic carbocycles. The predicted octanol–water partition coefficient (Wildman–Crippen LogP) is 3.11. The zero-order valence-electron chi connectivity index (χ0n) is 10.0. The summed E-state index contributed by atoms with van der Waals surface area (Å²) in [6.07, 6.45) is 0. The maximum atomic E-state index is 13.1. The number of hydrogen-bond donors (Lipinski definition) is 0. The molecule has 0 heterocycles. The Kier molecular flexibility index (Phi) is 3.77. The van der Waals surface area contributed by atoms with E-state index in [2.05, 4.69) is 4.74 Å². The van der Waals surface area contributed by atoms with Crippen LogP contribution in [0.2, 0.25) is 0 Å². The lowest BCUT2D eigenvalue weighted by molar-refractivity contribution is -0.143. The number of carbonyl (C=O) groups excluding carboxylic acids is 2. The van der Waals surface area contributed by atoms with E-state index in [0.717, 1.165) is 25.3 Å². The third-order valence-electron chi connectivity index (χ3n) is 2.89. The van der Waals surface area contributed by atoms with Crippen molar-refractivity contribution in [3.63, 3.8) is 0 Å². The molecule has 1 aromatic carbocycles. The van der Waals surface area contributed by atoms with Crippen LogP contribution in [0.4, 0.5) is 17.6 Å². The number of benzene rings is 1. The van der Waals surface area contributed by atoms with E-state index in [1.807, 2.05) is 0 Å². The number of esters is 1. The number of hydrogen-bond acceptors (Lipinski definition) is 4.